The summed E-state index contributed by atoms with van der Waals surface area (Å²) < 4.78 is 40.2. The quantitative estimate of drug-likeness (QED) is 0.730. The lowest BCUT2D eigenvalue weighted by molar-refractivity contribution is 0.0342. The summed E-state index contributed by atoms with van der Waals surface area (Å²) in [6, 6.07) is 13.2. The number of hydrogen-bond donors (Lipinski definition) is 0. The lowest BCUT2D eigenvalue weighted by atomic mass is 10.1. The predicted molar refractivity (Wildman–Crippen MR) is 116 cm³/mol. The van der Waals surface area contributed by atoms with Gasteiger partial charge in [-0.1, -0.05) is 31.2 Å². The van der Waals surface area contributed by atoms with E-state index in [1.165, 1.54) is 5.56 Å². The molecule has 0 amide bonds. The van der Waals surface area contributed by atoms with Crippen molar-refractivity contribution in [2.75, 3.05) is 32.9 Å². The van der Waals surface area contributed by atoms with Gasteiger partial charge in [-0.05, 0) is 42.7 Å². The summed E-state index contributed by atoms with van der Waals surface area (Å²) >= 11 is 0. The van der Waals surface area contributed by atoms with Crippen molar-refractivity contribution in [3.05, 3.63) is 59.2 Å². The van der Waals surface area contributed by atoms with Gasteiger partial charge in [-0.15, -0.1) is 0 Å². The van der Waals surface area contributed by atoms with E-state index in [0.717, 1.165) is 49.7 Å². The van der Waals surface area contributed by atoms with Crippen LogP contribution in [0.4, 0.5) is 0 Å². The third-order valence-electron chi connectivity index (χ3n) is 5.87. The van der Waals surface area contributed by atoms with E-state index in [2.05, 4.69) is 17.0 Å². The zero-order chi connectivity index (χ0) is 21.1. The molecule has 0 N–H and O–H groups in total. The maximum Gasteiger partial charge on any atom is 0.244 e. The molecule has 0 spiro atoms. The number of ether oxygens (including phenoxy) is 2. The predicted octanol–water partition coefficient (Wildman–Crippen LogP) is 3.05. The Kier molecular flexibility index (Phi) is 6.43. The lowest BCUT2D eigenvalue weighted by Crippen LogP contribution is -2.40. The lowest BCUT2D eigenvalue weighted by Gasteiger charge is -2.27. The standard InChI is InChI=1S/C23H30N2O4S/c1-3-20-6-4-5-7-23(20)30(26,27)25-16-21-14-19(15-24-10-12-28-13-11-24)8-9-22(21)29-17-18(25)2/h4-9,14,18H,3,10-13,15-17H2,1-2H3/t18-/m0/s1. The van der Waals surface area contributed by atoms with Crippen molar-refractivity contribution in [1.82, 2.24) is 9.21 Å². The molecule has 1 fully saturated rings. The summed E-state index contributed by atoms with van der Waals surface area (Å²) in [7, 11) is -3.63. The molecule has 2 aliphatic rings. The fourth-order valence-electron chi connectivity index (χ4n) is 4.13. The van der Waals surface area contributed by atoms with E-state index < -0.39 is 10.0 Å². The van der Waals surface area contributed by atoms with Crippen molar-refractivity contribution >= 4 is 10.0 Å². The molecule has 162 valence electrons. The van der Waals surface area contributed by atoms with Crippen LogP contribution in [0, 0.1) is 0 Å². The molecule has 0 saturated carbocycles. The van der Waals surface area contributed by atoms with Crippen LogP contribution in [0.2, 0.25) is 0 Å². The first-order valence-electron chi connectivity index (χ1n) is 10.6. The third kappa shape index (κ3) is 4.39. The molecule has 0 radical (unpaired) electrons. The smallest absolute Gasteiger partial charge is 0.244 e. The van der Waals surface area contributed by atoms with E-state index in [1.54, 1.807) is 16.4 Å². The van der Waals surface area contributed by atoms with Gasteiger partial charge in [-0.25, -0.2) is 8.42 Å². The molecule has 0 aliphatic carbocycles. The minimum Gasteiger partial charge on any atom is -0.492 e. The van der Waals surface area contributed by atoms with Crippen molar-refractivity contribution in [2.24, 2.45) is 0 Å². The van der Waals surface area contributed by atoms with Crippen LogP contribution >= 0.6 is 0 Å². The number of nitrogens with zero attached hydrogens (tertiary/aromatic N) is 2. The first kappa shape index (κ1) is 21.3. The molecule has 6 nitrogen and oxygen atoms in total. The molecule has 7 heteroatoms. The van der Waals surface area contributed by atoms with E-state index in [9.17, 15) is 8.42 Å². The van der Waals surface area contributed by atoms with Gasteiger partial charge in [0.15, 0.2) is 0 Å². The minimum atomic E-state index is -3.63. The Morgan fingerprint density at radius 1 is 1.10 bits per heavy atom. The second-order valence-electron chi connectivity index (χ2n) is 8.00. The molecule has 0 unspecified atom stereocenters. The molecule has 2 aromatic rings. The second kappa shape index (κ2) is 9.06. The molecule has 0 bridgehead atoms. The number of aryl methyl sites for hydroxylation is 1. The van der Waals surface area contributed by atoms with Gasteiger partial charge >= 0.3 is 0 Å². The summed E-state index contributed by atoms with van der Waals surface area (Å²) in [6.45, 7) is 8.72. The average Bonchev–Trinajstić information content (AvgIpc) is 2.93. The highest BCUT2D eigenvalue weighted by Crippen LogP contribution is 2.31. The Hall–Kier alpha value is -1.93. The molecule has 1 atom stereocenters. The van der Waals surface area contributed by atoms with Crippen LogP contribution in [0.15, 0.2) is 47.4 Å². The van der Waals surface area contributed by atoms with Gasteiger partial charge in [-0.2, -0.15) is 4.31 Å². The summed E-state index contributed by atoms with van der Waals surface area (Å²) in [5, 5.41) is 0. The van der Waals surface area contributed by atoms with Crippen molar-refractivity contribution < 1.29 is 17.9 Å². The van der Waals surface area contributed by atoms with Crippen molar-refractivity contribution in [2.45, 2.75) is 44.3 Å². The number of fused-ring (bicyclic) bond motifs is 1. The van der Waals surface area contributed by atoms with Crippen molar-refractivity contribution in [3.63, 3.8) is 0 Å². The van der Waals surface area contributed by atoms with Crippen LogP contribution in [-0.2, 0) is 34.3 Å². The van der Waals surface area contributed by atoms with Gasteiger partial charge in [0, 0.05) is 31.7 Å². The Balaban J connectivity index is 1.63. The van der Waals surface area contributed by atoms with Crippen LogP contribution in [0.3, 0.4) is 0 Å². The molecule has 4 rings (SSSR count). The van der Waals surface area contributed by atoms with E-state index >= 15 is 0 Å². The maximum absolute atomic E-state index is 13.6. The fraction of sp³-hybridized carbons (Fsp3) is 0.478. The molecule has 30 heavy (non-hydrogen) atoms. The molecule has 0 aromatic heterocycles. The minimum absolute atomic E-state index is 0.255. The third-order valence-corrected chi connectivity index (χ3v) is 7.93. The average molecular weight is 431 g/mol. The molecule has 2 heterocycles. The van der Waals surface area contributed by atoms with Gasteiger partial charge in [-0.3, -0.25) is 4.90 Å². The van der Waals surface area contributed by atoms with Crippen LogP contribution in [0.5, 0.6) is 5.75 Å². The van der Waals surface area contributed by atoms with E-state index in [4.69, 9.17) is 9.47 Å². The van der Waals surface area contributed by atoms with E-state index in [1.807, 2.05) is 32.0 Å². The highest BCUT2D eigenvalue weighted by atomic mass is 32.2. The normalized spacial score (nSPS) is 20.9. The highest BCUT2D eigenvalue weighted by Gasteiger charge is 2.33. The summed E-state index contributed by atoms with van der Waals surface area (Å²) in [5.41, 5.74) is 2.93. The van der Waals surface area contributed by atoms with E-state index in [-0.39, 0.29) is 6.04 Å². The Labute approximate surface area is 179 Å². The molecule has 1 saturated heterocycles. The summed E-state index contributed by atoms with van der Waals surface area (Å²) in [5.74, 6) is 0.772. The number of sulfonamides is 1. The number of hydrogen-bond acceptors (Lipinski definition) is 5. The zero-order valence-electron chi connectivity index (χ0n) is 17.7. The Bertz CT molecular complexity index is 986. The highest BCUT2D eigenvalue weighted by molar-refractivity contribution is 7.89. The van der Waals surface area contributed by atoms with Gasteiger partial charge in [0.25, 0.3) is 0 Å². The fourth-order valence-corrected chi connectivity index (χ4v) is 6.02. The number of rotatable bonds is 5. The van der Waals surface area contributed by atoms with E-state index in [0.29, 0.717) is 24.5 Å². The number of morpholine rings is 1. The second-order valence-corrected chi connectivity index (χ2v) is 9.86. The first-order chi connectivity index (χ1) is 14.5. The van der Waals surface area contributed by atoms with Crippen LogP contribution < -0.4 is 4.74 Å². The first-order valence-corrected chi connectivity index (χ1v) is 12.1. The largest absolute Gasteiger partial charge is 0.492 e. The van der Waals surface area contributed by atoms with Gasteiger partial charge < -0.3 is 9.47 Å². The molecule has 2 aliphatic heterocycles. The Morgan fingerprint density at radius 2 is 1.87 bits per heavy atom. The number of benzene rings is 2. The SMILES string of the molecule is CCc1ccccc1S(=O)(=O)N1Cc2cc(CN3CCOCC3)ccc2OC[C@@H]1C. The summed E-state index contributed by atoms with van der Waals surface area (Å²) in [4.78, 5) is 2.75. The topological polar surface area (TPSA) is 59.1 Å². The van der Waals surface area contributed by atoms with Crippen molar-refractivity contribution in [3.8, 4) is 5.75 Å². The van der Waals surface area contributed by atoms with Gasteiger partial charge in [0.1, 0.15) is 12.4 Å². The maximum atomic E-state index is 13.6. The van der Waals surface area contributed by atoms with Crippen LogP contribution in [0.1, 0.15) is 30.5 Å². The van der Waals surface area contributed by atoms with Gasteiger partial charge in [0.05, 0.1) is 24.2 Å². The zero-order valence-corrected chi connectivity index (χ0v) is 18.5. The Morgan fingerprint density at radius 3 is 2.63 bits per heavy atom. The molecule has 2 aromatic carbocycles. The van der Waals surface area contributed by atoms with Crippen LogP contribution in [0.25, 0.3) is 0 Å². The van der Waals surface area contributed by atoms with Gasteiger partial charge in [0.2, 0.25) is 10.0 Å². The van der Waals surface area contributed by atoms with Crippen molar-refractivity contribution in [1.29, 1.82) is 0 Å². The monoisotopic (exact) mass is 430 g/mol. The molecular formula is C23H30N2O4S. The summed E-state index contributed by atoms with van der Waals surface area (Å²) in [6.07, 6.45) is 0.675. The molecular weight excluding hydrogens is 400 g/mol. The van der Waals surface area contributed by atoms with Crippen LogP contribution in [-0.4, -0.2) is 56.6 Å².